The molecule has 3 atom stereocenters. The monoisotopic (exact) mass is 260 g/mol. The minimum atomic E-state index is -0.676. The highest BCUT2D eigenvalue weighted by molar-refractivity contribution is 5.76. The average molecular weight is 260 g/mol. The summed E-state index contributed by atoms with van der Waals surface area (Å²) in [4.78, 5) is 11.5. The first-order valence-electron chi connectivity index (χ1n) is 7.48. The summed E-state index contributed by atoms with van der Waals surface area (Å²) in [5.74, 6) is 0.385. The predicted molar refractivity (Wildman–Crippen MR) is 77.2 cm³/mol. The second-order valence-electron chi connectivity index (χ2n) is 5.84. The Balaban J connectivity index is 2.03. The highest BCUT2D eigenvalue weighted by Gasteiger charge is 2.27. The van der Waals surface area contributed by atoms with Crippen molar-refractivity contribution in [2.45, 2.75) is 51.4 Å². The van der Waals surface area contributed by atoms with Crippen molar-refractivity contribution in [3.63, 3.8) is 0 Å². The lowest BCUT2D eigenvalue weighted by Gasteiger charge is -2.30. The molecule has 2 heteroatoms. The first kappa shape index (κ1) is 14.1. The molecule has 3 unspecified atom stereocenters. The molecule has 0 aliphatic heterocycles. The van der Waals surface area contributed by atoms with Gasteiger partial charge in [0.25, 0.3) is 0 Å². The number of carboxylic acids is 1. The van der Waals surface area contributed by atoms with Gasteiger partial charge in [-0.05, 0) is 30.2 Å². The van der Waals surface area contributed by atoms with Crippen LogP contribution in [0, 0.1) is 11.8 Å². The van der Waals surface area contributed by atoms with Crippen LogP contribution < -0.4 is 0 Å². The van der Waals surface area contributed by atoms with Crippen molar-refractivity contribution in [2.75, 3.05) is 0 Å². The quantitative estimate of drug-likeness (QED) is 0.848. The van der Waals surface area contributed by atoms with Crippen LogP contribution in [0.1, 0.15) is 56.9 Å². The van der Waals surface area contributed by atoms with Gasteiger partial charge in [0, 0.05) is 0 Å². The number of rotatable bonds is 5. The number of hydrogen-bond donors (Lipinski definition) is 1. The van der Waals surface area contributed by atoms with E-state index in [-0.39, 0.29) is 5.92 Å². The molecule has 0 amide bonds. The lowest BCUT2D eigenvalue weighted by molar-refractivity contribution is -0.139. The fourth-order valence-electron chi connectivity index (χ4n) is 3.39. The molecule has 1 aliphatic rings. The zero-order chi connectivity index (χ0) is 13.7. The van der Waals surface area contributed by atoms with Crippen molar-refractivity contribution in [1.29, 1.82) is 0 Å². The van der Waals surface area contributed by atoms with Gasteiger partial charge in [0.2, 0.25) is 0 Å². The van der Waals surface area contributed by atoms with E-state index in [1.165, 1.54) is 32.1 Å². The van der Waals surface area contributed by atoms with Crippen LogP contribution in [0.2, 0.25) is 0 Å². The van der Waals surface area contributed by atoms with Crippen LogP contribution in [-0.2, 0) is 4.79 Å². The molecule has 1 aliphatic carbocycles. The van der Waals surface area contributed by atoms with Gasteiger partial charge in [-0.15, -0.1) is 0 Å². The summed E-state index contributed by atoms with van der Waals surface area (Å²) in [5, 5.41) is 9.48. The van der Waals surface area contributed by atoms with E-state index < -0.39 is 5.97 Å². The largest absolute Gasteiger partial charge is 0.481 e. The standard InChI is InChI=1S/C17H24O2/c1-2-13-7-6-8-14(11-13)12-16(17(18)19)15-9-4-3-5-10-15/h3-5,9-10,13-14,16H,2,6-8,11-12H2,1H3,(H,18,19). The Morgan fingerprint density at radius 2 is 1.95 bits per heavy atom. The van der Waals surface area contributed by atoms with E-state index in [0.717, 1.165) is 17.9 Å². The van der Waals surface area contributed by atoms with E-state index in [2.05, 4.69) is 6.92 Å². The summed E-state index contributed by atoms with van der Waals surface area (Å²) in [6.45, 7) is 2.25. The van der Waals surface area contributed by atoms with E-state index in [0.29, 0.717) is 5.92 Å². The summed E-state index contributed by atoms with van der Waals surface area (Å²) < 4.78 is 0. The van der Waals surface area contributed by atoms with Crippen molar-refractivity contribution >= 4 is 5.97 Å². The smallest absolute Gasteiger partial charge is 0.310 e. The Morgan fingerprint density at radius 1 is 1.26 bits per heavy atom. The zero-order valence-electron chi connectivity index (χ0n) is 11.7. The maximum absolute atomic E-state index is 11.5. The van der Waals surface area contributed by atoms with Crippen LogP contribution in [0.4, 0.5) is 0 Å². The number of carboxylic acid groups (broad SMARTS) is 1. The van der Waals surface area contributed by atoms with Crippen LogP contribution in [0.15, 0.2) is 30.3 Å². The Kier molecular flexibility index (Phi) is 5.00. The molecule has 0 bridgehead atoms. The molecule has 0 radical (unpaired) electrons. The van der Waals surface area contributed by atoms with Crippen LogP contribution in [0.3, 0.4) is 0 Å². The molecular weight excluding hydrogens is 236 g/mol. The third kappa shape index (κ3) is 3.82. The third-order valence-electron chi connectivity index (χ3n) is 4.54. The maximum Gasteiger partial charge on any atom is 0.310 e. The van der Waals surface area contributed by atoms with Gasteiger partial charge in [0.1, 0.15) is 0 Å². The van der Waals surface area contributed by atoms with Gasteiger partial charge in [-0.25, -0.2) is 0 Å². The number of benzene rings is 1. The van der Waals surface area contributed by atoms with Crippen LogP contribution >= 0.6 is 0 Å². The lowest BCUT2D eigenvalue weighted by Crippen LogP contribution is -2.21. The van der Waals surface area contributed by atoms with Gasteiger partial charge in [0.05, 0.1) is 5.92 Å². The molecule has 0 aromatic heterocycles. The van der Waals surface area contributed by atoms with E-state index >= 15 is 0 Å². The summed E-state index contributed by atoms with van der Waals surface area (Å²) in [7, 11) is 0. The van der Waals surface area contributed by atoms with Crippen LogP contribution in [0.25, 0.3) is 0 Å². The molecule has 2 rings (SSSR count). The molecule has 0 spiro atoms. The fourth-order valence-corrected chi connectivity index (χ4v) is 3.39. The molecule has 0 saturated heterocycles. The maximum atomic E-state index is 11.5. The molecule has 1 saturated carbocycles. The molecule has 1 aromatic carbocycles. The molecule has 1 aromatic rings. The molecule has 19 heavy (non-hydrogen) atoms. The van der Waals surface area contributed by atoms with Crippen molar-refractivity contribution < 1.29 is 9.90 Å². The Bertz CT molecular complexity index is 399. The lowest BCUT2D eigenvalue weighted by atomic mass is 9.75. The van der Waals surface area contributed by atoms with Crippen molar-refractivity contribution in [2.24, 2.45) is 11.8 Å². The van der Waals surface area contributed by atoms with Gasteiger partial charge in [-0.1, -0.05) is 62.9 Å². The fraction of sp³-hybridized carbons (Fsp3) is 0.588. The van der Waals surface area contributed by atoms with Crippen LogP contribution in [0.5, 0.6) is 0 Å². The summed E-state index contributed by atoms with van der Waals surface area (Å²) in [5.41, 5.74) is 0.952. The van der Waals surface area contributed by atoms with E-state index in [1.54, 1.807) is 0 Å². The van der Waals surface area contributed by atoms with Crippen molar-refractivity contribution in [3.05, 3.63) is 35.9 Å². The van der Waals surface area contributed by atoms with E-state index in [9.17, 15) is 9.90 Å². The minimum Gasteiger partial charge on any atom is -0.481 e. The summed E-state index contributed by atoms with van der Waals surface area (Å²) in [6.07, 6.45) is 7.05. The second-order valence-corrected chi connectivity index (χ2v) is 5.84. The second kappa shape index (κ2) is 6.74. The van der Waals surface area contributed by atoms with Gasteiger partial charge < -0.3 is 5.11 Å². The molecule has 104 valence electrons. The van der Waals surface area contributed by atoms with Gasteiger partial charge in [-0.3, -0.25) is 4.79 Å². The minimum absolute atomic E-state index is 0.332. The topological polar surface area (TPSA) is 37.3 Å². The average Bonchev–Trinajstić information content (AvgIpc) is 2.45. The number of hydrogen-bond acceptors (Lipinski definition) is 1. The molecule has 1 fully saturated rings. The summed E-state index contributed by atoms with van der Waals surface area (Å²) in [6, 6.07) is 9.69. The SMILES string of the molecule is CCC1CCCC(CC(C(=O)O)c2ccccc2)C1. The Labute approximate surface area is 115 Å². The van der Waals surface area contributed by atoms with Crippen molar-refractivity contribution in [3.8, 4) is 0 Å². The first-order chi connectivity index (χ1) is 9.20. The van der Waals surface area contributed by atoms with Crippen LogP contribution in [-0.4, -0.2) is 11.1 Å². The summed E-state index contributed by atoms with van der Waals surface area (Å²) >= 11 is 0. The van der Waals surface area contributed by atoms with Gasteiger partial charge in [-0.2, -0.15) is 0 Å². The Hall–Kier alpha value is -1.31. The molecule has 2 nitrogen and oxygen atoms in total. The number of aliphatic carboxylic acids is 1. The number of carbonyl (C=O) groups is 1. The predicted octanol–water partition coefficient (Wildman–Crippen LogP) is 4.46. The zero-order valence-corrected chi connectivity index (χ0v) is 11.7. The van der Waals surface area contributed by atoms with Crippen molar-refractivity contribution in [1.82, 2.24) is 0 Å². The third-order valence-corrected chi connectivity index (χ3v) is 4.54. The molecule has 0 heterocycles. The first-order valence-corrected chi connectivity index (χ1v) is 7.48. The highest BCUT2D eigenvalue weighted by atomic mass is 16.4. The van der Waals surface area contributed by atoms with Gasteiger partial charge >= 0.3 is 5.97 Å². The normalized spacial score (nSPS) is 24.9. The highest BCUT2D eigenvalue weighted by Crippen LogP contribution is 2.37. The van der Waals surface area contributed by atoms with Gasteiger partial charge in [0.15, 0.2) is 0 Å². The van der Waals surface area contributed by atoms with E-state index in [1.807, 2.05) is 30.3 Å². The molecule has 1 N–H and O–H groups in total. The molecular formula is C17H24O2. The van der Waals surface area contributed by atoms with E-state index in [4.69, 9.17) is 0 Å². The Morgan fingerprint density at radius 3 is 2.58 bits per heavy atom.